The Morgan fingerprint density at radius 3 is 2.78 bits per heavy atom. The minimum atomic E-state index is 0.167. The molecular formula is C14H21ClN2O. The molecule has 0 radical (unpaired) electrons. The number of rotatable bonds is 6. The lowest BCUT2D eigenvalue weighted by atomic mass is 9.90. The van der Waals surface area contributed by atoms with Crippen molar-refractivity contribution in [3.8, 4) is 0 Å². The molecule has 0 aromatic heterocycles. The Kier molecular flexibility index (Phi) is 4.87. The molecular weight excluding hydrogens is 248 g/mol. The van der Waals surface area contributed by atoms with Crippen LogP contribution in [0.15, 0.2) is 18.2 Å². The molecule has 100 valence electrons. The van der Waals surface area contributed by atoms with Crippen LogP contribution in [0.2, 0.25) is 5.02 Å². The smallest absolute Gasteiger partial charge is 0.0643 e. The lowest BCUT2D eigenvalue weighted by Crippen LogP contribution is -2.42. The molecule has 1 saturated carbocycles. The second kappa shape index (κ2) is 6.41. The van der Waals surface area contributed by atoms with Crippen LogP contribution in [-0.4, -0.2) is 31.3 Å². The van der Waals surface area contributed by atoms with Gasteiger partial charge in [-0.25, -0.2) is 0 Å². The number of aliphatic hydroxyl groups is 1. The summed E-state index contributed by atoms with van der Waals surface area (Å²) < 4.78 is 0. The standard InChI is InChI=1S/C14H21ClN2O/c1-16-10-11-4-2-7-13(15)14(11)17(8-9-18)12-5-3-6-12/h2,4,7,12,16,18H,3,5-6,8-10H2,1H3. The summed E-state index contributed by atoms with van der Waals surface area (Å²) in [5, 5.41) is 13.2. The van der Waals surface area contributed by atoms with Crippen molar-refractivity contribution < 1.29 is 5.11 Å². The number of benzene rings is 1. The molecule has 2 N–H and O–H groups in total. The van der Waals surface area contributed by atoms with Gasteiger partial charge in [0, 0.05) is 19.1 Å². The van der Waals surface area contributed by atoms with Gasteiger partial charge in [-0.1, -0.05) is 23.7 Å². The third-order valence-electron chi connectivity index (χ3n) is 3.58. The number of para-hydroxylation sites is 1. The highest BCUT2D eigenvalue weighted by Gasteiger charge is 2.27. The highest BCUT2D eigenvalue weighted by atomic mass is 35.5. The first kappa shape index (κ1) is 13.7. The first-order chi connectivity index (χ1) is 8.77. The fraction of sp³-hybridized carbons (Fsp3) is 0.571. The average molecular weight is 269 g/mol. The van der Waals surface area contributed by atoms with Crippen LogP contribution in [0.3, 0.4) is 0 Å². The summed E-state index contributed by atoms with van der Waals surface area (Å²) in [5.74, 6) is 0. The Bertz CT molecular complexity index is 393. The number of anilines is 1. The van der Waals surface area contributed by atoms with Gasteiger partial charge >= 0.3 is 0 Å². The third kappa shape index (κ3) is 2.79. The van der Waals surface area contributed by atoms with E-state index in [0.29, 0.717) is 12.6 Å². The highest BCUT2D eigenvalue weighted by Crippen LogP contribution is 2.36. The van der Waals surface area contributed by atoms with Crippen molar-refractivity contribution in [2.24, 2.45) is 0 Å². The maximum atomic E-state index is 9.28. The van der Waals surface area contributed by atoms with Gasteiger partial charge < -0.3 is 15.3 Å². The third-order valence-corrected chi connectivity index (χ3v) is 3.89. The molecule has 1 fully saturated rings. The van der Waals surface area contributed by atoms with Crippen LogP contribution in [0.1, 0.15) is 24.8 Å². The molecule has 0 spiro atoms. The van der Waals surface area contributed by atoms with E-state index in [1.807, 2.05) is 19.2 Å². The van der Waals surface area contributed by atoms with Crippen molar-refractivity contribution in [1.82, 2.24) is 5.32 Å². The summed E-state index contributed by atoms with van der Waals surface area (Å²) in [6.45, 7) is 1.62. The molecule has 0 atom stereocenters. The number of nitrogens with zero attached hydrogens (tertiary/aromatic N) is 1. The second-order valence-electron chi connectivity index (χ2n) is 4.78. The van der Waals surface area contributed by atoms with Crippen LogP contribution in [0.25, 0.3) is 0 Å². The van der Waals surface area contributed by atoms with E-state index in [1.165, 1.54) is 24.8 Å². The molecule has 18 heavy (non-hydrogen) atoms. The zero-order chi connectivity index (χ0) is 13.0. The van der Waals surface area contributed by atoms with Crippen molar-refractivity contribution in [2.75, 3.05) is 25.1 Å². The first-order valence-corrected chi connectivity index (χ1v) is 6.95. The summed E-state index contributed by atoms with van der Waals surface area (Å²) in [4.78, 5) is 2.28. The zero-order valence-corrected chi connectivity index (χ0v) is 11.6. The number of nitrogens with one attached hydrogen (secondary N) is 1. The second-order valence-corrected chi connectivity index (χ2v) is 5.19. The maximum Gasteiger partial charge on any atom is 0.0643 e. The average Bonchev–Trinajstić information content (AvgIpc) is 2.27. The molecule has 0 amide bonds. The monoisotopic (exact) mass is 268 g/mol. The molecule has 3 nitrogen and oxygen atoms in total. The van der Waals surface area contributed by atoms with Gasteiger partial charge in [0.2, 0.25) is 0 Å². The lowest BCUT2D eigenvalue weighted by molar-refractivity contribution is 0.283. The molecule has 1 aliphatic rings. The van der Waals surface area contributed by atoms with Gasteiger partial charge in [-0.2, -0.15) is 0 Å². The Hall–Kier alpha value is -0.770. The quantitative estimate of drug-likeness (QED) is 0.832. The first-order valence-electron chi connectivity index (χ1n) is 6.57. The van der Waals surface area contributed by atoms with E-state index in [4.69, 9.17) is 11.6 Å². The summed E-state index contributed by atoms with van der Waals surface area (Å²) in [6, 6.07) is 6.55. The fourth-order valence-corrected chi connectivity index (χ4v) is 2.80. The summed E-state index contributed by atoms with van der Waals surface area (Å²) >= 11 is 6.37. The summed E-state index contributed by atoms with van der Waals surface area (Å²) in [6.07, 6.45) is 3.67. The highest BCUT2D eigenvalue weighted by molar-refractivity contribution is 6.33. The molecule has 2 rings (SSSR count). The molecule has 0 saturated heterocycles. The molecule has 0 unspecified atom stereocenters. The maximum absolute atomic E-state index is 9.28. The van der Waals surface area contributed by atoms with E-state index in [-0.39, 0.29) is 6.61 Å². The van der Waals surface area contributed by atoms with Crippen LogP contribution in [0.4, 0.5) is 5.69 Å². The Labute approximate surface area is 114 Å². The molecule has 4 heteroatoms. The van der Waals surface area contributed by atoms with E-state index in [2.05, 4.69) is 16.3 Å². The SMILES string of the molecule is CNCc1cccc(Cl)c1N(CCO)C1CCC1. The van der Waals surface area contributed by atoms with E-state index in [0.717, 1.165) is 17.3 Å². The number of hydrogen-bond donors (Lipinski definition) is 2. The van der Waals surface area contributed by atoms with Crippen LogP contribution in [-0.2, 0) is 6.54 Å². The van der Waals surface area contributed by atoms with Crippen molar-refractivity contribution in [1.29, 1.82) is 0 Å². The Balaban J connectivity index is 2.31. The largest absolute Gasteiger partial charge is 0.395 e. The molecule has 0 bridgehead atoms. The molecule has 0 aliphatic heterocycles. The van der Waals surface area contributed by atoms with E-state index in [1.54, 1.807) is 0 Å². The van der Waals surface area contributed by atoms with Crippen molar-refractivity contribution in [3.05, 3.63) is 28.8 Å². The fourth-order valence-electron chi connectivity index (χ4n) is 2.50. The van der Waals surface area contributed by atoms with Crippen molar-refractivity contribution in [2.45, 2.75) is 31.8 Å². The molecule has 1 aliphatic carbocycles. The molecule has 1 aromatic rings. The van der Waals surface area contributed by atoms with Gasteiger partial charge in [-0.15, -0.1) is 0 Å². The molecule has 0 heterocycles. The lowest BCUT2D eigenvalue weighted by Gasteiger charge is -2.40. The minimum Gasteiger partial charge on any atom is -0.395 e. The number of halogens is 1. The van der Waals surface area contributed by atoms with Gasteiger partial charge in [0.05, 0.1) is 17.3 Å². The Morgan fingerprint density at radius 1 is 1.44 bits per heavy atom. The minimum absolute atomic E-state index is 0.167. The van der Waals surface area contributed by atoms with E-state index < -0.39 is 0 Å². The number of hydrogen-bond acceptors (Lipinski definition) is 3. The van der Waals surface area contributed by atoms with Crippen molar-refractivity contribution in [3.63, 3.8) is 0 Å². The van der Waals surface area contributed by atoms with Crippen LogP contribution < -0.4 is 10.2 Å². The van der Waals surface area contributed by atoms with Crippen LogP contribution >= 0.6 is 11.6 Å². The normalized spacial score (nSPS) is 15.5. The van der Waals surface area contributed by atoms with E-state index in [9.17, 15) is 5.11 Å². The van der Waals surface area contributed by atoms with Gasteiger partial charge in [-0.05, 0) is 37.9 Å². The van der Waals surface area contributed by atoms with Crippen LogP contribution in [0.5, 0.6) is 0 Å². The van der Waals surface area contributed by atoms with Crippen molar-refractivity contribution >= 4 is 17.3 Å². The van der Waals surface area contributed by atoms with Gasteiger partial charge in [0.25, 0.3) is 0 Å². The molecule has 1 aromatic carbocycles. The summed E-state index contributed by atoms with van der Waals surface area (Å²) in [7, 11) is 1.93. The zero-order valence-electron chi connectivity index (χ0n) is 10.8. The van der Waals surface area contributed by atoms with Gasteiger partial charge in [0.1, 0.15) is 0 Å². The topological polar surface area (TPSA) is 35.5 Å². The van der Waals surface area contributed by atoms with E-state index >= 15 is 0 Å². The summed E-state index contributed by atoms with van der Waals surface area (Å²) in [5.41, 5.74) is 2.29. The predicted octanol–water partition coefficient (Wildman–Crippen LogP) is 2.41. The van der Waals surface area contributed by atoms with Crippen LogP contribution in [0, 0.1) is 0 Å². The van der Waals surface area contributed by atoms with Gasteiger partial charge in [-0.3, -0.25) is 0 Å². The predicted molar refractivity (Wildman–Crippen MR) is 76.3 cm³/mol. The van der Waals surface area contributed by atoms with Gasteiger partial charge in [0.15, 0.2) is 0 Å². The number of aliphatic hydroxyl groups excluding tert-OH is 1. The Morgan fingerprint density at radius 2 is 2.22 bits per heavy atom.